The van der Waals surface area contributed by atoms with Crippen molar-refractivity contribution in [2.45, 2.75) is 258 Å². The van der Waals surface area contributed by atoms with Gasteiger partial charge in [0, 0.05) is 19.3 Å². The molecule has 0 rings (SSSR count). The summed E-state index contributed by atoms with van der Waals surface area (Å²) in [5, 5.41) is 0. The summed E-state index contributed by atoms with van der Waals surface area (Å²) in [6.45, 7) is 6.43. The number of rotatable bonds is 49. The molecule has 0 heterocycles. The highest BCUT2D eigenvalue weighted by molar-refractivity contribution is 5.71. The molecular weight excluding hydrogens is 829 g/mol. The van der Waals surface area contributed by atoms with Gasteiger partial charge < -0.3 is 14.2 Å². The van der Waals surface area contributed by atoms with Gasteiger partial charge in [-0.3, -0.25) is 14.4 Å². The first-order valence-electron chi connectivity index (χ1n) is 27.7. The Morgan fingerprint density at radius 1 is 0.313 bits per heavy atom. The van der Waals surface area contributed by atoms with Crippen molar-refractivity contribution in [3.63, 3.8) is 0 Å². The lowest BCUT2D eigenvalue weighted by Gasteiger charge is -2.18. The number of esters is 3. The Balaban J connectivity index is 4.50. The van der Waals surface area contributed by atoms with E-state index in [-0.39, 0.29) is 37.5 Å². The van der Waals surface area contributed by atoms with Crippen molar-refractivity contribution in [3.8, 4) is 0 Å². The third kappa shape index (κ3) is 53.2. The second-order valence-electron chi connectivity index (χ2n) is 18.1. The van der Waals surface area contributed by atoms with Crippen molar-refractivity contribution in [3.05, 3.63) is 97.2 Å². The van der Waals surface area contributed by atoms with Gasteiger partial charge in [-0.2, -0.15) is 0 Å². The fourth-order valence-electron chi connectivity index (χ4n) is 7.38. The molecule has 0 unspecified atom stereocenters. The third-order valence-electron chi connectivity index (χ3n) is 11.5. The summed E-state index contributed by atoms with van der Waals surface area (Å²) >= 11 is 0. The van der Waals surface area contributed by atoms with E-state index in [4.69, 9.17) is 14.2 Å². The highest BCUT2D eigenvalue weighted by Crippen LogP contribution is 2.14. The minimum absolute atomic E-state index is 0.103. The van der Waals surface area contributed by atoms with Crippen LogP contribution < -0.4 is 0 Å². The van der Waals surface area contributed by atoms with Crippen molar-refractivity contribution >= 4 is 17.9 Å². The van der Waals surface area contributed by atoms with Crippen LogP contribution in [0.2, 0.25) is 0 Å². The molecule has 1 atom stereocenters. The van der Waals surface area contributed by atoms with Crippen molar-refractivity contribution in [2.75, 3.05) is 13.2 Å². The van der Waals surface area contributed by atoms with Crippen LogP contribution in [0.1, 0.15) is 252 Å². The smallest absolute Gasteiger partial charge is 0.306 e. The summed E-state index contributed by atoms with van der Waals surface area (Å²) in [6, 6.07) is 0. The molecule has 0 aliphatic rings. The zero-order chi connectivity index (χ0) is 48.6. The number of hydrogen-bond acceptors (Lipinski definition) is 6. The van der Waals surface area contributed by atoms with E-state index in [0.717, 1.165) is 103 Å². The van der Waals surface area contributed by atoms with Gasteiger partial charge in [0.15, 0.2) is 6.10 Å². The highest BCUT2D eigenvalue weighted by Gasteiger charge is 2.19. The molecule has 0 saturated heterocycles. The molecule has 0 spiro atoms. The number of hydrogen-bond donors (Lipinski definition) is 0. The lowest BCUT2D eigenvalue weighted by Crippen LogP contribution is -2.30. The van der Waals surface area contributed by atoms with Crippen LogP contribution in [0.4, 0.5) is 0 Å². The van der Waals surface area contributed by atoms with E-state index < -0.39 is 6.10 Å². The zero-order valence-electron chi connectivity index (χ0n) is 43.6. The maximum atomic E-state index is 12.8. The van der Waals surface area contributed by atoms with Gasteiger partial charge in [-0.05, 0) is 116 Å². The molecule has 0 radical (unpaired) electrons. The van der Waals surface area contributed by atoms with Crippen molar-refractivity contribution in [2.24, 2.45) is 0 Å². The summed E-state index contributed by atoms with van der Waals surface area (Å²) in [5.74, 6) is -0.979. The Kier molecular flexibility index (Phi) is 51.9. The van der Waals surface area contributed by atoms with Crippen molar-refractivity contribution in [1.82, 2.24) is 0 Å². The Bertz CT molecular complexity index is 1350. The van der Waals surface area contributed by atoms with Crippen LogP contribution in [-0.4, -0.2) is 37.2 Å². The summed E-state index contributed by atoms with van der Waals surface area (Å²) in [5.41, 5.74) is 0. The highest BCUT2D eigenvalue weighted by atomic mass is 16.6. The standard InChI is InChI=1S/C61H102O6/c1-4-7-10-13-16-19-22-25-28-30-33-35-38-41-44-47-50-53-59(62)65-56-58(67-61(64)55-52-49-46-43-40-37-32-27-24-21-18-15-12-9-6-3)57-66-60(63)54-51-48-45-42-39-36-34-31-29-26-23-20-17-14-11-8-5-2/h7,10,16-17,19-20,25-29,32-33,35,41,44,58H,4-6,8-9,11-15,18,21-24,30-31,34,36-40,42-43,45-57H2,1-3H3/b10-7-,19-16-,20-17-,28-25-,29-26-,32-27-,35-33-,44-41-/t58-/m1/s1. The lowest BCUT2D eigenvalue weighted by molar-refractivity contribution is -0.167. The quantitative estimate of drug-likeness (QED) is 0.0262. The van der Waals surface area contributed by atoms with Crippen LogP contribution in [0.25, 0.3) is 0 Å². The van der Waals surface area contributed by atoms with E-state index in [2.05, 4.69) is 118 Å². The third-order valence-corrected chi connectivity index (χ3v) is 11.5. The maximum Gasteiger partial charge on any atom is 0.306 e. The van der Waals surface area contributed by atoms with Gasteiger partial charge in [-0.1, -0.05) is 214 Å². The number of ether oxygens (including phenoxy) is 3. The number of allylic oxidation sites excluding steroid dienone is 16. The van der Waals surface area contributed by atoms with Crippen LogP contribution in [0, 0.1) is 0 Å². The Morgan fingerprint density at radius 2 is 0.597 bits per heavy atom. The van der Waals surface area contributed by atoms with Crippen LogP contribution in [0.3, 0.4) is 0 Å². The average Bonchev–Trinajstić information content (AvgIpc) is 3.33. The first kappa shape index (κ1) is 63.3. The Morgan fingerprint density at radius 3 is 1.01 bits per heavy atom. The van der Waals surface area contributed by atoms with Gasteiger partial charge in [-0.25, -0.2) is 0 Å². The average molecular weight is 931 g/mol. The molecule has 0 aliphatic heterocycles. The molecule has 0 N–H and O–H groups in total. The van der Waals surface area contributed by atoms with E-state index >= 15 is 0 Å². The van der Waals surface area contributed by atoms with Gasteiger partial charge in [0.25, 0.3) is 0 Å². The molecule has 0 saturated carbocycles. The van der Waals surface area contributed by atoms with Gasteiger partial charge in [0.05, 0.1) is 0 Å². The van der Waals surface area contributed by atoms with Crippen LogP contribution in [0.15, 0.2) is 97.2 Å². The maximum absolute atomic E-state index is 12.8. The molecule has 382 valence electrons. The molecule has 6 heteroatoms. The summed E-state index contributed by atoms with van der Waals surface area (Å²) in [6.07, 6.45) is 72.5. The number of carbonyl (C=O) groups is 3. The van der Waals surface area contributed by atoms with Crippen LogP contribution >= 0.6 is 0 Å². The fourth-order valence-corrected chi connectivity index (χ4v) is 7.38. The summed E-state index contributed by atoms with van der Waals surface area (Å²) in [7, 11) is 0. The predicted octanol–water partition coefficient (Wildman–Crippen LogP) is 18.5. The molecule has 0 aromatic heterocycles. The molecule has 67 heavy (non-hydrogen) atoms. The number of unbranched alkanes of at least 4 members (excludes halogenated alkanes) is 22. The van der Waals surface area contributed by atoms with E-state index in [1.165, 1.54) is 103 Å². The molecule has 0 fully saturated rings. The largest absolute Gasteiger partial charge is 0.462 e. The van der Waals surface area contributed by atoms with E-state index in [1.807, 2.05) is 0 Å². The van der Waals surface area contributed by atoms with Gasteiger partial charge in [0.2, 0.25) is 0 Å². The van der Waals surface area contributed by atoms with E-state index in [0.29, 0.717) is 19.3 Å². The van der Waals surface area contributed by atoms with Gasteiger partial charge in [-0.15, -0.1) is 0 Å². The van der Waals surface area contributed by atoms with Crippen molar-refractivity contribution in [1.29, 1.82) is 0 Å². The number of carbonyl (C=O) groups excluding carboxylic acids is 3. The monoisotopic (exact) mass is 931 g/mol. The lowest BCUT2D eigenvalue weighted by atomic mass is 10.1. The Hall–Kier alpha value is -3.67. The molecule has 0 aromatic carbocycles. The Labute approximate surface area is 413 Å². The minimum Gasteiger partial charge on any atom is -0.462 e. The predicted molar refractivity (Wildman–Crippen MR) is 288 cm³/mol. The van der Waals surface area contributed by atoms with Crippen LogP contribution in [-0.2, 0) is 28.6 Å². The SMILES string of the molecule is CC/C=C\C/C=C\C/C=C\C/C=C\C/C=C\CCCC(=O)OC[C@H](COC(=O)CCCCCCCCC/C=C\C/C=C\CCCCC)OC(=O)CCCCCCC/C=C\CCCCCCCC. The molecule has 0 bridgehead atoms. The van der Waals surface area contributed by atoms with E-state index in [1.54, 1.807) is 0 Å². The fraction of sp³-hybridized carbons (Fsp3) is 0.689. The second kappa shape index (κ2) is 54.9. The normalized spacial score (nSPS) is 12.8. The summed E-state index contributed by atoms with van der Waals surface area (Å²) in [4.78, 5) is 38.1. The summed E-state index contributed by atoms with van der Waals surface area (Å²) < 4.78 is 16.8. The second-order valence-corrected chi connectivity index (χ2v) is 18.1. The first-order valence-corrected chi connectivity index (χ1v) is 27.7. The molecule has 0 amide bonds. The van der Waals surface area contributed by atoms with Crippen molar-refractivity contribution < 1.29 is 28.6 Å². The van der Waals surface area contributed by atoms with Crippen LogP contribution in [0.5, 0.6) is 0 Å². The van der Waals surface area contributed by atoms with Gasteiger partial charge in [0.1, 0.15) is 13.2 Å². The molecule has 0 aromatic rings. The zero-order valence-corrected chi connectivity index (χ0v) is 43.6. The first-order chi connectivity index (χ1) is 33.0. The molecule has 6 nitrogen and oxygen atoms in total. The molecular formula is C61H102O6. The topological polar surface area (TPSA) is 78.9 Å². The van der Waals surface area contributed by atoms with Gasteiger partial charge >= 0.3 is 17.9 Å². The minimum atomic E-state index is -0.809. The van der Waals surface area contributed by atoms with E-state index in [9.17, 15) is 14.4 Å². The molecule has 0 aliphatic carbocycles.